The van der Waals surface area contributed by atoms with Gasteiger partial charge in [-0.15, -0.1) is 0 Å². The molecular formula is C21H27N7O3. The summed E-state index contributed by atoms with van der Waals surface area (Å²) in [4.78, 5) is 21.0. The summed E-state index contributed by atoms with van der Waals surface area (Å²) >= 11 is 0. The normalized spacial score (nSPS) is 10.5. The molecule has 0 aliphatic carbocycles. The Morgan fingerprint density at radius 3 is 2.29 bits per heavy atom. The number of anilines is 2. The van der Waals surface area contributed by atoms with Crippen molar-refractivity contribution in [2.24, 2.45) is 0 Å². The van der Waals surface area contributed by atoms with Crippen LogP contribution in [0, 0.1) is 20.8 Å². The van der Waals surface area contributed by atoms with Crippen molar-refractivity contribution in [3.63, 3.8) is 0 Å². The summed E-state index contributed by atoms with van der Waals surface area (Å²) in [6.45, 7) is 6.63. The van der Waals surface area contributed by atoms with Crippen LogP contribution in [-0.4, -0.2) is 53.1 Å². The largest absolute Gasteiger partial charge is 0.497 e. The summed E-state index contributed by atoms with van der Waals surface area (Å²) in [5.74, 6) is 3.17. The number of benzene rings is 1. The molecule has 2 amide bonds. The molecule has 0 atom stereocenters. The smallest absolute Gasteiger partial charge is 0.319 e. The molecule has 31 heavy (non-hydrogen) atoms. The summed E-state index contributed by atoms with van der Waals surface area (Å²) in [5, 5.41) is 13.2. The Morgan fingerprint density at radius 1 is 0.968 bits per heavy atom. The van der Waals surface area contributed by atoms with E-state index in [9.17, 15) is 4.79 Å². The van der Waals surface area contributed by atoms with Crippen molar-refractivity contribution in [3.05, 3.63) is 47.5 Å². The van der Waals surface area contributed by atoms with Gasteiger partial charge >= 0.3 is 6.03 Å². The number of rotatable bonds is 8. The van der Waals surface area contributed by atoms with Gasteiger partial charge in [-0.3, -0.25) is 0 Å². The molecule has 3 N–H and O–H groups in total. The van der Waals surface area contributed by atoms with Crippen molar-refractivity contribution in [3.8, 4) is 17.3 Å². The van der Waals surface area contributed by atoms with Crippen LogP contribution in [0.5, 0.6) is 11.5 Å². The third-order valence-electron chi connectivity index (χ3n) is 4.38. The maximum atomic E-state index is 12.2. The number of carbonyl (C=O) groups is 1. The fourth-order valence-corrected chi connectivity index (χ4v) is 3.03. The van der Waals surface area contributed by atoms with Crippen LogP contribution in [0.1, 0.15) is 17.2 Å². The van der Waals surface area contributed by atoms with Gasteiger partial charge in [0.2, 0.25) is 0 Å². The van der Waals surface area contributed by atoms with E-state index < -0.39 is 0 Å². The molecule has 0 aliphatic rings. The van der Waals surface area contributed by atoms with Crippen molar-refractivity contribution < 1.29 is 14.3 Å². The first-order valence-corrected chi connectivity index (χ1v) is 9.79. The molecule has 0 bridgehead atoms. The Morgan fingerprint density at radius 2 is 1.68 bits per heavy atom. The molecular weight excluding hydrogens is 398 g/mol. The number of methoxy groups -OCH3 is 2. The van der Waals surface area contributed by atoms with E-state index in [-0.39, 0.29) is 6.03 Å². The molecule has 1 aromatic carbocycles. The van der Waals surface area contributed by atoms with Crippen molar-refractivity contribution in [1.82, 2.24) is 25.1 Å². The quantitative estimate of drug-likeness (QED) is 0.475. The van der Waals surface area contributed by atoms with E-state index in [1.807, 2.05) is 32.9 Å². The number of nitrogens with one attached hydrogen (secondary N) is 3. The van der Waals surface area contributed by atoms with Gasteiger partial charge in [0.25, 0.3) is 0 Å². The molecule has 164 valence electrons. The van der Waals surface area contributed by atoms with Gasteiger partial charge in [-0.25, -0.2) is 19.4 Å². The first-order chi connectivity index (χ1) is 14.9. The van der Waals surface area contributed by atoms with Crippen LogP contribution < -0.4 is 25.4 Å². The number of nitrogens with zero attached hydrogens (tertiary/aromatic N) is 4. The predicted octanol–water partition coefficient (Wildman–Crippen LogP) is 2.84. The second-order valence-corrected chi connectivity index (χ2v) is 6.91. The van der Waals surface area contributed by atoms with Crippen molar-refractivity contribution in [1.29, 1.82) is 0 Å². The minimum atomic E-state index is -0.334. The van der Waals surface area contributed by atoms with Crippen molar-refractivity contribution >= 4 is 17.5 Å². The summed E-state index contributed by atoms with van der Waals surface area (Å²) in [6.07, 6.45) is 0. The molecule has 3 rings (SSSR count). The lowest BCUT2D eigenvalue weighted by Crippen LogP contribution is -2.32. The predicted molar refractivity (Wildman–Crippen MR) is 118 cm³/mol. The first kappa shape index (κ1) is 21.9. The lowest BCUT2D eigenvalue weighted by Gasteiger charge is -2.12. The zero-order valence-electron chi connectivity index (χ0n) is 18.3. The minimum absolute atomic E-state index is 0.334. The minimum Gasteiger partial charge on any atom is -0.497 e. The van der Waals surface area contributed by atoms with Gasteiger partial charge in [0.1, 0.15) is 23.1 Å². The van der Waals surface area contributed by atoms with Gasteiger partial charge in [-0.1, -0.05) is 0 Å². The van der Waals surface area contributed by atoms with Crippen molar-refractivity contribution in [2.75, 3.05) is 37.9 Å². The second kappa shape index (κ2) is 9.79. The summed E-state index contributed by atoms with van der Waals surface area (Å²) in [6, 6.07) is 8.64. The highest BCUT2D eigenvalue weighted by molar-refractivity contribution is 5.89. The van der Waals surface area contributed by atoms with E-state index in [2.05, 4.69) is 31.0 Å². The Bertz CT molecular complexity index is 1040. The average Bonchev–Trinajstić information content (AvgIpc) is 3.08. The molecule has 0 fully saturated rings. The van der Waals surface area contributed by atoms with Gasteiger partial charge in [0.05, 0.1) is 19.9 Å². The first-order valence-electron chi connectivity index (χ1n) is 9.79. The zero-order valence-corrected chi connectivity index (χ0v) is 18.3. The van der Waals surface area contributed by atoms with Crippen LogP contribution in [0.3, 0.4) is 0 Å². The molecule has 0 unspecified atom stereocenters. The molecule has 0 spiro atoms. The van der Waals surface area contributed by atoms with Gasteiger partial charge in [-0.2, -0.15) is 5.10 Å². The number of carbonyl (C=O) groups excluding carboxylic acids is 1. The fraction of sp³-hybridized carbons (Fsp3) is 0.333. The number of hydrogen-bond acceptors (Lipinski definition) is 7. The van der Waals surface area contributed by atoms with E-state index in [1.165, 1.54) is 0 Å². The van der Waals surface area contributed by atoms with Crippen LogP contribution >= 0.6 is 0 Å². The number of hydrogen-bond donors (Lipinski definition) is 3. The zero-order chi connectivity index (χ0) is 22.4. The van der Waals surface area contributed by atoms with Crippen LogP contribution in [0.15, 0.2) is 30.3 Å². The lowest BCUT2D eigenvalue weighted by atomic mass is 10.3. The Balaban J connectivity index is 1.54. The van der Waals surface area contributed by atoms with E-state index in [0.29, 0.717) is 47.7 Å². The Kier molecular flexibility index (Phi) is 6.91. The van der Waals surface area contributed by atoms with Crippen molar-refractivity contribution in [2.45, 2.75) is 20.8 Å². The van der Waals surface area contributed by atoms with Crippen LogP contribution in [-0.2, 0) is 0 Å². The third kappa shape index (κ3) is 5.84. The molecule has 0 radical (unpaired) electrons. The second-order valence-electron chi connectivity index (χ2n) is 6.91. The number of aryl methyl sites for hydroxylation is 3. The monoisotopic (exact) mass is 425 g/mol. The lowest BCUT2D eigenvalue weighted by molar-refractivity contribution is 0.252. The summed E-state index contributed by atoms with van der Waals surface area (Å²) in [5.41, 5.74) is 2.49. The van der Waals surface area contributed by atoms with E-state index in [1.54, 1.807) is 37.1 Å². The molecule has 10 heteroatoms. The van der Waals surface area contributed by atoms with E-state index in [0.717, 1.165) is 11.4 Å². The number of amides is 2. The Labute approximate surface area is 181 Å². The highest BCUT2D eigenvalue weighted by Gasteiger charge is 2.09. The van der Waals surface area contributed by atoms with Crippen LogP contribution in [0.25, 0.3) is 5.82 Å². The molecule has 0 aliphatic heterocycles. The van der Waals surface area contributed by atoms with Crippen LogP contribution in [0.4, 0.5) is 16.3 Å². The van der Waals surface area contributed by atoms with E-state index in [4.69, 9.17) is 9.47 Å². The van der Waals surface area contributed by atoms with E-state index >= 15 is 0 Å². The van der Waals surface area contributed by atoms with Gasteiger partial charge in [0.15, 0.2) is 5.82 Å². The maximum absolute atomic E-state index is 12.2. The highest BCUT2D eigenvalue weighted by atomic mass is 16.5. The Hall–Kier alpha value is -3.82. The molecule has 10 nitrogen and oxygen atoms in total. The molecule has 2 heterocycles. The SMILES string of the molecule is COc1cc(NC(=O)NCCNc2cc(-n3nc(C)cc3C)nc(C)n2)cc(OC)c1. The third-order valence-corrected chi connectivity index (χ3v) is 4.38. The topological polar surface area (TPSA) is 115 Å². The number of aromatic nitrogens is 4. The van der Waals surface area contributed by atoms with Crippen LogP contribution in [0.2, 0.25) is 0 Å². The maximum Gasteiger partial charge on any atom is 0.319 e. The van der Waals surface area contributed by atoms with Gasteiger partial charge < -0.3 is 25.4 Å². The van der Waals surface area contributed by atoms with Gasteiger partial charge in [0, 0.05) is 48.7 Å². The number of urea groups is 1. The molecule has 0 saturated carbocycles. The molecule has 3 aromatic rings. The fourth-order valence-electron chi connectivity index (χ4n) is 3.03. The summed E-state index contributed by atoms with van der Waals surface area (Å²) in [7, 11) is 3.11. The summed E-state index contributed by atoms with van der Waals surface area (Å²) < 4.78 is 12.2. The highest BCUT2D eigenvalue weighted by Crippen LogP contribution is 2.25. The number of ether oxygens (including phenoxy) is 2. The van der Waals surface area contributed by atoms with Gasteiger partial charge in [-0.05, 0) is 26.8 Å². The average molecular weight is 425 g/mol. The molecule has 2 aromatic heterocycles. The standard InChI is InChI=1S/C21H27N7O3/c1-13-8-14(2)28(27-13)20-12-19(24-15(3)25-20)22-6-7-23-21(29)26-16-9-17(30-4)11-18(10-16)31-5/h8-12H,6-7H2,1-5H3,(H,22,24,25)(H2,23,26,29). The molecule has 0 saturated heterocycles.